The van der Waals surface area contributed by atoms with Crippen molar-refractivity contribution in [2.45, 2.75) is 13.8 Å². The van der Waals surface area contributed by atoms with Gasteiger partial charge in [0.15, 0.2) is 5.65 Å². The topological polar surface area (TPSA) is 76.0 Å². The van der Waals surface area contributed by atoms with Crippen LogP contribution in [0.1, 0.15) is 19.5 Å². The van der Waals surface area contributed by atoms with Gasteiger partial charge in [0, 0.05) is 24.0 Å². The Labute approximate surface area is 129 Å². The molecular formula is C16H18N6. The molecule has 6 heteroatoms. The van der Waals surface area contributed by atoms with Crippen molar-refractivity contribution in [2.24, 2.45) is 4.99 Å². The molecule has 0 spiro atoms. The molecule has 22 heavy (non-hydrogen) atoms. The van der Waals surface area contributed by atoms with Gasteiger partial charge < -0.3 is 5.32 Å². The minimum absolute atomic E-state index is 0.665. The lowest BCUT2D eigenvalue weighted by molar-refractivity contribution is 1.10. The minimum atomic E-state index is 0.665. The van der Waals surface area contributed by atoms with Crippen molar-refractivity contribution in [2.75, 3.05) is 12.0 Å². The van der Waals surface area contributed by atoms with E-state index in [1.807, 2.05) is 38.1 Å². The summed E-state index contributed by atoms with van der Waals surface area (Å²) in [5.41, 5.74) is 2.74. The summed E-state index contributed by atoms with van der Waals surface area (Å²) >= 11 is 0. The van der Waals surface area contributed by atoms with Crippen LogP contribution in [0.2, 0.25) is 0 Å². The molecule has 0 aromatic carbocycles. The van der Waals surface area contributed by atoms with Crippen LogP contribution < -0.4 is 5.32 Å². The number of pyridine rings is 2. The molecule has 1 aliphatic heterocycles. The van der Waals surface area contributed by atoms with Gasteiger partial charge in [-0.3, -0.25) is 9.98 Å². The van der Waals surface area contributed by atoms with Gasteiger partial charge in [0.05, 0.1) is 11.9 Å². The monoisotopic (exact) mass is 294 g/mol. The first-order valence-electron chi connectivity index (χ1n) is 7.13. The number of aliphatic imine (C=N–C) groups is 1. The summed E-state index contributed by atoms with van der Waals surface area (Å²) in [4.78, 5) is 20.0. The van der Waals surface area contributed by atoms with Crippen molar-refractivity contribution in [3.05, 3.63) is 54.9 Å². The fourth-order valence-electron chi connectivity index (χ4n) is 1.75. The third-order valence-electron chi connectivity index (χ3n) is 2.69. The van der Waals surface area contributed by atoms with Crippen LogP contribution >= 0.6 is 0 Å². The standard InChI is InChI=1S/C7H7N3.C7H5N3.C2H6/c1-2-6-7(9-3-1)4-8-5-10-6;1-2-6-4-8-5-10-7(6)9-3-1;1-2/h1-4,10H,5H2;1-5H;1-2H3. The van der Waals surface area contributed by atoms with Crippen molar-refractivity contribution in [3.8, 4) is 0 Å². The Morgan fingerprint density at radius 3 is 2.64 bits per heavy atom. The van der Waals surface area contributed by atoms with Crippen molar-refractivity contribution >= 4 is 22.9 Å². The summed E-state index contributed by atoms with van der Waals surface area (Å²) in [6.45, 7) is 4.67. The van der Waals surface area contributed by atoms with Gasteiger partial charge in [-0.1, -0.05) is 13.8 Å². The number of hydrogen-bond donors (Lipinski definition) is 1. The first-order valence-corrected chi connectivity index (χ1v) is 7.13. The number of hydrogen-bond acceptors (Lipinski definition) is 6. The van der Waals surface area contributed by atoms with E-state index in [1.165, 1.54) is 6.33 Å². The quantitative estimate of drug-likeness (QED) is 0.690. The average Bonchev–Trinajstić information content (AvgIpc) is 2.64. The molecule has 4 heterocycles. The van der Waals surface area contributed by atoms with Crippen LogP contribution in [0.25, 0.3) is 11.0 Å². The number of rotatable bonds is 0. The van der Waals surface area contributed by atoms with Gasteiger partial charge in [-0.15, -0.1) is 0 Å². The van der Waals surface area contributed by atoms with Gasteiger partial charge in [0.2, 0.25) is 0 Å². The molecule has 6 nitrogen and oxygen atoms in total. The SMILES string of the molecule is C1=NCNc2cccnc21.CC.c1cnc2ncncc2c1. The van der Waals surface area contributed by atoms with Crippen LogP contribution in [0.3, 0.4) is 0 Å². The van der Waals surface area contributed by atoms with E-state index in [2.05, 4.69) is 30.2 Å². The molecule has 4 rings (SSSR count). The average molecular weight is 294 g/mol. The highest BCUT2D eigenvalue weighted by Gasteiger charge is 2.01. The molecule has 0 aliphatic carbocycles. The maximum absolute atomic E-state index is 4.11. The van der Waals surface area contributed by atoms with Gasteiger partial charge in [0.25, 0.3) is 0 Å². The summed E-state index contributed by atoms with van der Waals surface area (Å²) in [5, 5.41) is 4.08. The molecule has 0 saturated heterocycles. The molecule has 0 fully saturated rings. The fourth-order valence-corrected chi connectivity index (χ4v) is 1.75. The van der Waals surface area contributed by atoms with E-state index in [9.17, 15) is 0 Å². The smallest absolute Gasteiger partial charge is 0.162 e. The second kappa shape index (κ2) is 8.41. The predicted molar refractivity (Wildman–Crippen MR) is 89.0 cm³/mol. The number of nitrogens with zero attached hydrogens (tertiary/aromatic N) is 5. The molecule has 112 valence electrons. The second-order valence-electron chi connectivity index (χ2n) is 4.02. The van der Waals surface area contributed by atoms with E-state index < -0.39 is 0 Å². The first-order chi connectivity index (χ1) is 10.9. The third kappa shape index (κ3) is 4.05. The van der Waals surface area contributed by atoms with Gasteiger partial charge in [-0.05, 0) is 24.3 Å². The summed E-state index contributed by atoms with van der Waals surface area (Å²) in [6.07, 6.45) is 8.50. The summed E-state index contributed by atoms with van der Waals surface area (Å²) < 4.78 is 0. The van der Waals surface area contributed by atoms with E-state index in [0.717, 1.165) is 22.4 Å². The first kappa shape index (κ1) is 15.5. The lowest BCUT2D eigenvalue weighted by Crippen LogP contribution is -2.08. The minimum Gasteiger partial charge on any atom is -0.364 e. The Bertz CT molecular complexity index is 676. The number of nitrogens with one attached hydrogen (secondary N) is 1. The summed E-state index contributed by atoms with van der Waals surface area (Å²) in [7, 11) is 0. The molecule has 1 aliphatic rings. The largest absolute Gasteiger partial charge is 0.364 e. The molecular weight excluding hydrogens is 276 g/mol. The van der Waals surface area contributed by atoms with E-state index in [4.69, 9.17) is 0 Å². The molecule has 0 bridgehead atoms. The molecule has 0 unspecified atom stereocenters. The van der Waals surface area contributed by atoms with Gasteiger partial charge >= 0.3 is 0 Å². The molecule has 1 N–H and O–H groups in total. The molecule has 0 saturated carbocycles. The van der Waals surface area contributed by atoms with Crippen LogP contribution in [-0.2, 0) is 0 Å². The Hall–Kier alpha value is -2.89. The molecule has 0 amide bonds. The Morgan fingerprint density at radius 2 is 1.82 bits per heavy atom. The van der Waals surface area contributed by atoms with Crippen LogP contribution in [-0.4, -0.2) is 32.8 Å². The number of anilines is 1. The Morgan fingerprint density at radius 1 is 1.00 bits per heavy atom. The van der Waals surface area contributed by atoms with Crippen molar-refractivity contribution in [3.63, 3.8) is 0 Å². The molecule has 0 radical (unpaired) electrons. The zero-order valence-electron chi connectivity index (χ0n) is 12.6. The lowest BCUT2D eigenvalue weighted by Gasteiger charge is -2.09. The Kier molecular flexibility index (Phi) is 5.92. The van der Waals surface area contributed by atoms with Crippen LogP contribution in [0, 0.1) is 0 Å². The van der Waals surface area contributed by atoms with E-state index in [0.29, 0.717) is 6.67 Å². The van der Waals surface area contributed by atoms with Crippen molar-refractivity contribution < 1.29 is 0 Å². The maximum atomic E-state index is 4.11. The van der Waals surface area contributed by atoms with E-state index in [-0.39, 0.29) is 0 Å². The van der Waals surface area contributed by atoms with Crippen molar-refractivity contribution in [1.29, 1.82) is 0 Å². The highest BCUT2D eigenvalue weighted by atomic mass is 15.0. The number of fused-ring (bicyclic) bond motifs is 2. The van der Waals surface area contributed by atoms with Crippen molar-refractivity contribution in [1.82, 2.24) is 19.9 Å². The predicted octanol–water partition coefficient (Wildman–Crippen LogP) is 2.93. The summed E-state index contributed by atoms with van der Waals surface area (Å²) in [6, 6.07) is 7.70. The molecule has 0 atom stereocenters. The zero-order chi connectivity index (χ0) is 15.6. The second-order valence-corrected chi connectivity index (χ2v) is 4.02. The molecule has 3 aromatic rings. The zero-order valence-corrected chi connectivity index (χ0v) is 12.6. The van der Waals surface area contributed by atoms with Crippen LogP contribution in [0.4, 0.5) is 5.69 Å². The van der Waals surface area contributed by atoms with Crippen LogP contribution in [0.5, 0.6) is 0 Å². The third-order valence-corrected chi connectivity index (χ3v) is 2.69. The van der Waals surface area contributed by atoms with Gasteiger partial charge in [-0.25, -0.2) is 15.0 Å². The lowest BCUT2D eigenvalue weighted by atomic mass is 10.3. The number of aromatic nitrogens is 4. The highest BCUT2D eigenvalue weighted by molar-refractivity contribution is 5.86. The maximum Gasteiger partial charge on any atom is 0.162 e. The summed E-state index contributed by atoms with van der Waals surface area (Å²) in [5.74, 6) is 0. The van der Waals surface area contributed by atoms with Crippen LogP contribution in [0.15, 0.2) is 54.2 Å². The molecule has 3 aromatic heterocycles. The van der Waals surface area contributed by atoms with Gasteiger partial charge in [-0.2, -0.15) is 0 Å². The fraction of sp³-hybridized carbons (Fsp3) is 0.188. The highest BCUT2D eigenvalue weighted by Crippen LogP contribution is 2.11. The van der Waals surface area contributed by atoms with Gasteiger partial charge in [0.1, 0.15) is 18.7 Å². The van der Waals surface area contributed by atoms with E-state index in [1.54, 1.807) is 24.8 Å². The Balaban J connectivity index is 0.000000144. The normalized spacial score (nSPS) is 11.2. The van der Waals surface area contributed by atoms with E-state index >= 15 is 0 Å².